The first-order chi connectivity index (χ1) is 14.6. The summed E-state index contributed by atoms with van der Waals surface area (Å²) >= 11 is 12.3. The molecule has 0 amide bonds. The predicted molar refractivity (Wildman–Crippen MR) is 111 cm³/mol. The Morgan fingerprint density at radius 3 is 2.06 bits per heavy atom. The van der Waals surface area contributed by atoms with Gasteiger partial charge in [-0.1, -0.05) is 35.3 Å². The number of aromatic carboxylic acids is 1. The molecule has 162 valence electrons. The Hall–Kier alpha value is -2.90. The molecule has 3 aromatic carbocycles. The number of benzene rings is 3. The average molecular weight is 471 g/mol. The Bertz CT molecular complexity index is 1070. The number of halogens is 5. The maximum absolute atomic E-state index is 12.3. The molecule has 31 heavy (non-hydrogen) atoms. The van der Waals surface area contributed by atoms with Gasteiger partial charge in [-0.3, -0.25) is 0 Å². The maximum Gasteiger partial charge on any atom is 0.422 e. The lowest BCUT2D eigenvalue weighted by atomic mass is 10.0. The lowest BCUT2D eigenvalue weighted by Crippen LogP contribution is -2.19. The van der Waals surface area contributed by atoms with Gasteiger partial charge in [-0.25, -0.2) is 4.79 Å². The molecule has 1 N–H and O–H groups in total. The summed E-state index contributed by atoms with van der Waals surface area (Å²) in [6.45, 7) is -1.38. The molecule has 3 rings (SSSR count). The normalized spacial score (nSPS) is 11.3. The molecule has 9 heteroatoms. The summed E-state index contributed by atoms with van der Waals surface area (Å²) in [6.07, 6.45) is -4.04. The molecule has 0 aromatic heterocycles. The quantitative estimate of drug-likeness (QED) is 0.403. The Balaban J connectivity index is 1.79. The van der Waals surface area contributed by atoms with Crippen LogP contribution < -0.4 is 9.47 Å². The van der Waals surface area contributed by atoms with E-state index in [1.54, 1.807) is 24.3 Å². The summed E-state index contributed by atoms with van der Waals surface area (Å²) in [4.78, 5) is 11.0. The standard InChI is InChI=1S/C22H15Cl2F3O4/c23-18-10-15(9-13-1-3-14(4-2-13)21(28)29)20(11-19(18)24)31-17-7-5-16(6-8-17)30-12-22(25,26)27/h1-8,10-11H,9,12H2,(H,28,29). The number of carbonyl (C=O) groups is 1. The van der Waals surface area contributed by atoms with Crippen LogP contribution in [0.1, 0.15) is 21.5 Å². The van der Waals surface area contributed by atoms with Gasteiger partial charge in [-0.05, 0) is 48.0 Å². The summed E-state index contributed by atoms with van der Waals surface area (Å²) in [5.74, 6) is -0.203. The van der Waals surface area contributed by atoms with Crippen LogP contribution in [0.4, 0.5) is 13.2 Å². The Morgan fingerprint density at radius 2 is 1.48 bits per heavy atom. The van der Waals surface area contributed by atoms with Gasteiger partial charge < -0.3 is 14.6 Å². The van der Waals surface area contributed by atoms with Crippen molar-refractivity contribution in [2.24, 2.45) is 0 Å². The first-order valence-electron chi connectivity index (χ1n) is 8.88. The number of alkyl halides is 3. The van der Waals surface area contributed by atoms with Crippen LogP contribution in [0.25, 0.3) is 0 Å². The number of ether oxygens (including phenoxy) is 2. The Kier molecular flexibility index (Phi) is 6.97. The van der Waals surface area contributed by atoms with Gasteiger partial charge >= 0.3 is 12.1 Å². The smallest absolute Gasteiger partial charge is 0.422 e. The van der Waals surface area contributed by atoms with Crippen molar-refractivity contribution in [1.82, 2.24) is 0 Å². The van der Waals surface area contributed by atoms with Crippen molar-refractivity contribution < 1.29 is 32.5 Å². The predicted octanol–water partition coefficient (Wildman–Crippen LogP) is 7.02. The monoisotopic (exact) mass is 470 g/mol. The van der Waals surface area contributed by atoms with E-state index in [4.69, 9.17) is 33.0 Å². The van der Waals surface area contributed by atoms with Crippen molar-refractivity contribution >= 4 is 29.2 Å². The van der Waals surface area contributed by atoms with E-state index in [2.05, 4.69) is 4.74 Å². The average Bonchev–Trinajstić information content (AvgIpc) is 2.71. The van der Waals surface area contributed by atoms with Crippen molar-refractivity contribution in [1.29, 1.82) is 0 Å². The van der Waals surface area contributed by atoms with Crippen LogP contribution in [0.3, 0.4) is 0 Å². The summed E-state index contributed by atoms with van der Waals surface area (Å²) in [7, 11) is 0. The van der Waals surface area contributed by atoms with Crippen molar-refractivity contribution in [3.05, 3.63) is 87.4 Å². The summed E-state index contributed by atoms with van der Waals surface area (Å²) in [5, 5.41) is 9.61. The van der Waals surface area contributed by atoms with Gasteiger partial charge in [0.05, 0.1) is 15.6 Å². The molecule has 0 aliphatic carbocycles. The third kappa shape index (κ3) is 6.54. The number of carboxylic acids is 1. The minimum atomic E-state index is -4.42. The minimum Gasteiger partial charge on any atom is -0.484 e. The zero-order valence-electron chi connectivity index (χ0n) is 15.7. The van der Waals surface area contributed by atoms with E-state index in [1.807, 2.05) is 0 Å². The highest BCUT2D eigenvalue weighted by Gasteiger charge is 2.28. The van der Waals surface area contributed by atoms with Crippen molar-refractivity contribution in [2.75, 3.05) is 6.61 Å². The van der Waals surface area contributed by atoms with E-state index in [1.165, 1.54) is 36.4 Å². The Morgan fingerprint density at radius 1 is 0.903 bits per heavy atom. The van der Waals surface area contributed by atoms with Gasteiger partial charge in [-0.15, -0.1) is 0 Å². The summed E-state index contributed by atoms with van der Waals surface area (Å²) in [6, 6.07) is 15.2. The molecule has 3 aromatic rings. The summed E-state index contributed by atoms with van der Waals surface area (Å²) < 4.78 is 47.3. The fraction of sp³-hybridized carbons (Fsp3) is 0.136. The molecular weight excluding hydrogens is 456 g/mol. The highest BCUT2D eigenvalue weighted by atomic mass is 35.5. The lowest BCUT2D eigenvalue weighted by Gasteiger charge is -2.14. The number of hydrogen-bond acceptors (Lipinski definition) is 3. The van der Waals surface area contributed by atoms with Crippen LogP contribution in [0, 0.1) is 0 Å². The van der Waals surface area contributed by atoms with Gasteiger partial charge in [0.25, 0.3) is 0 Å². The van der Waals surface area contributed by atoms with E-state index in [-0.39, 0.29) is 16.3 Å². The molecule has 0 spiro atoms. The van der Waals surface area contributed by atoms with E-state index in [0.29, 0.717) is 28.5 Å². The molecule has 0 radical (unpaired) electrons. The molecule has 0 fully saturated rings. The summed E-state index contributed by atoms with van der Waals surface area (Å²) in [5.41, 5.74) is 1.68. The van der Waals surface area contributed by atoms with Gasteiger partial charge in [0.2, 0.25) is 0 Å². The zero-order valence-corrected chi connectivity index (χ0v) is 17.3. The van der Waals surface area contributed by atoms with E-state index in [0.717, 1.165) is 5.56 Å². The third-order valence-corrected chi connectivity index (χ3v) is 4.88. The molecule has 0 heterocycles. The van der Waals surface area contributed by atoms with Crippen LogP contribution >= 0.6 is 23.2 Å². The highest BCUT2D eigenvalue weighted by molar-refractivity contribution is 6.42. The van der Waals surface area contributed by atoms with Crippen molar-refractivity contribution in [2.45, 2.75) is 12.6 Å². The van der Waals surface area contributed by atoms with E-state index in [9.17, 15) is 18.0 Å². The zero-order chi connectivity index (χ0) is 22.6. The van der Waals surface area contributed by atoms with Crippen LogP contribution in [-0.2, 0) is 6.42 Å². The van der Waals surface area contributed by atoms with Crippen LogP contribution in [0.15, 0.2) is 60.7 Å². The lowest BCUT2D eigenvalue weighted by molar-refractivity contribution is -0.153. The largest absolute Gasteiger partial charge is 0.484 e. The van der Waals surface area contributed by atoms with E-state index < -0.39 is 18.8 Å². The molecule has 0 saturated carbocycles. The van der Waals surface area contributed by atoms with Crippen LogP contribution in [0.5, 0.6) is 17.2 Å². The van der Waals surface area contributed by atoms with Gasteiger partial charge in [-0.2, -0.15) is 13.2 Å². The second-order valence-corrected chi connectivity index (χ2v) is 7.34. The van der Waals surface area contributed by atoms with Crippen molar-refractivity contribution in [3.8, 4) is 17.2 Å². The Labute approximate surface area is 185 Å². The fourth-order valence-electron chi connectivity index (χ4n) is 2.68. The third-order valence-electron chi connectivity index (χ3n) is 4.15. The molecule has 0 unspecified atom stereocenters. The minimum absolute atomic E-state index is 0.0533. The maximum atomic E-state index is 12.3. The first kappa shape index (κ1) is 22.8. The number of hydrogen-bond donors (Lipinski definition) is 1. The van der Waals surface area contributed by atoms with Gasteiger partial charge in [0.15, 0.2) is 6.61 Å². The van der Waals surface area contributed by atoms with Crippen molar-refractivity contribution in [3.63, 3.8) is 0 Å². The molecule has 0 aliphatic rings. The number of rotatable bonds is 7. The highest BCUT2D eigenvalue weighted by Crippen LogP contribution is 2.35. The molecule has 0 atom stereocenters. The number of carboxylic acid groups (broad SMARTS) is 1. The fourth-order valence-corrected chi connectivity index (χ4v) is 3.02. The topological polar surface area (TPSA) is 55.8 Å². The second-order valence-electron chi connectivity index (χ2n) is 6.53. The second kappa shape index (κ2) is 9.49. The molecule has 0 saturated heterocycles. The SMILES string of the molecule is O=C(O)c1ccc(Cc2cc(Cl)c(Cl)cc2Oc2ccc(OCC(F)(F)F)cc2)cc1. The first-order valence-corrected chi connectivity index (χ1v) is 9.64. The van der Waals surface area contributed by atoms with Gasteiger partial charge in [0.1, 0.15) is 17.2 Å². The van der Waals surface area contributed by atoms with Gasteiger partial charge in [0, 0.05) is 18.1 Å². The van der Waals surface area contributed by atoms with Crippen LogP contribution in [-0.4, -0.2) is 23.9 Å². The van der Waals surface area contributed by atoms with E-state index >= 15 is 0 Å². The molecule has 4 nitrogen and oxygen atoms in total. The van der Waals surface area contributed by atoms with Crippen LogP contribution in [0.2, 0.25) is 10.0 Å². The molecule has 0 bridgehead atoms. The molecular formula is C22H15Cl2F3O4. The molecule has 0 aliphatic heterocycles.